The summed E-state index contributed by atoms with van der Waals surface area (Å²) < 4.78 is 0. The summed E-state index contributed by atoms with van der Waals surface area (Å²) in [5.41, 5.74) is 6.06. The molecule has 4 nitrogen and oxygen atoms in total. The SMILES string of the molecule is CC(c1cccs1)N(C)c1ccc(C(=N)N)cn1. The van der Waals surface area contributed by atoms with Crippen molar-refractivity contribution >= 4 is 23.0 Å². The maximum absolute atomic E-state index is 7.34. The summed E-state index contributed by atoms with van der Waals surface area (Å²) in [6.07, 6.45) is 1.63. The van der Waals surface area contributed by atoms with Crippen molar-refractivity contribution in [1.29, 1.82) is 5.41 Å². The predicted molar refractivity (Wildman–Crippen MR) is 76.4 cm³/mol. The van der Waals surface area contributed by atoms with Gasteiger partial charge in [0.15, 0.2) is 0 Å². The van der Waals surface area contributed by atoms with Gasteiger partial charge in [0, 0.05) is 23.7 Å². The van der Waals surface area contributed by atoms with E-state index < -0.39 is 0 Å². The number of hydrogen-bond acceptors (Lipinski definition) is 4. The predicted octanol–water partition coefficient (Wildman–Crippen LogP) is 2.62. The molecular weight excluding hydrogens is 244 g/mol. The highest BCUT2D eigenvalue weighted by molar-refractivity contribution is 7.10. The Balaban J connectivity index is 2.18. The molecule has 0 radical (unpaired) electrons. The monoisotopic (exact) mass is 260 g/mol. The van der Waals surface area contributed by atoms with Crippen LogP contribution in [0.1, 0.15) is 23.4 Å². The minimum Gasteiger partial charge on any atom is -0.384 e. The molecule has 94 valence electrons. The highest BCUT2D eigenvalue weighted by atomic mass is 32.1. The molecule has 18 heavy (non-hydrogen) atoms. The van der Waals surface area contributed by atoms with Crippen LogP contribution in [0.15, 0.2) is 35.8 Å². The number of nitrogens with two attached hydrogens (primary N) is 1. The molecule has 1 unspecified atom stereocenters. The first kappa shape index (κ1) is 12.6. The maximum atomic E-state index is 7.34. The lowest BCUT2D eigenvalue weighted by atomic mass is 10.2. The van der Waals surface area contributed by atoms with Crippen LogP contribution in [0.5, 0.6) is 0 Å². The van der Waals surface area contributed by atoms with Crippen molar-refractivity contribution in [3.8, 4) is 0 Å². The second-order valence-electron chi connectivity index (χ2n) is 4.12. The fourth-order valence-corrected chi connectivity index (χ4v) is 2.50. The number of pyridine rings is 1. The van der Waals surface area contributed by atoms with Gasteiger partial charge >= 0.3 is 0 Å². The molecule has 0 spiro atoms. The molecule has 2 rings (SSSR count). The normalized spacial score (nSPS) is 12.1. The number of thiophene rings is 1. The van der Waals surface area contributed by atoms with E-state index in [4.69, 9.17) is 11.1 Å². The van der Waals surface area contributed by atoms with Crippen LogP contribution in [0.2, 0.25) is 0 Å². The van der Waals surface area contributed by atoms with Gasteiger partial charge in [-0.15, -0.1) is 11.3 Å². The summed E-state index contributed by atoms with van der Waals surface area (Å²) in [6, 6.07) is 8.16. The molecular formula is C13H16N4S. The first-order valence-electron chi connectivity index (χ1n) is 5.66. The fourth-order valence-electron chi connectivity index (χ4n) is 1.67. The van der Waals surface area contributed by atoms with E-state index in [9.17, 15) is 0 Å². The maximum Gasteiger partial charge on any atom is 0.128 e. The van der Waals surface area contributed by atoms with Gasteiger partial charge in [-0.05, 0) is 30.5 Å². The van der Waals surface area contributed by atoms with E-state index in [-0.39, 0.29) is 11.9 Å². The second-order valence-corrected chi connectivity index (χ2v) is 5.10. The number of amidine groups is 1. The van der Waals surface area contributed by atoms with Crippen LogP contribution in [0.4, 0.5) is 5.82 Å². The van der Waals surface area contributed by atoms with E-state index in [1.165, 1.54) is 4.88 Å². The topological polar surface area (TPSA) is 66.0 Å². The number of nitrogens with one attached hydrogen (secondary N) is 1. The van der Waals surface area contributed by atoms with Gasteiger partial charge in [0.2, 0.25) is 0 Å². The molecule has 0 fully saturated rings. The summed E-state index contributed by atoms with van der Waals surface area (Å²) in [7, 11) is 2.01. The van der Waals surface area contributed by atoms with E-state index in [1.54, 1.807) is 17.5 Å². The lowest BCUT2D eigenvalue weighted by Gasteiger charge is -2.25. The van der Waals surface area contributed by atoms with Gasteiger partial charge in [-0.1, -0.05) is 6.07 Å². The Morgan fingerprint density at radius 3 is 2.72 bits per heavy atom. The number of aromatic nitrogens is 1. The van der Waals surface area contributed by atoms with Crippen LogP contribution >= 0.6 is 11.3 Å². The average Bonchev–Trinajstić information content (AvgIpc) is 2.91. The summed E-state index contributed by atoms with van der Waals surface area (Å²) >= 11 is 1.74. The smallest absolute Gasteiger partial charge is 0.128 e. The van der Waals surface area contributed by atoms with Crippen molar-refractivity contribution in [2.24, 2.45) is 5.73 Å². The summed E-state index contributed by atoms with van der Waals surface area (Å²) in [5.74, 6) is 0.920. The van der Waals surface area contributed by atoms with E-state index in [2.05, 4.69) is 34.3 Å². The van der Waals surface area contributed by atoms with E-state index in [0.717, 1.165) is 5.82 Å². The third kappa shape index (κ3) is 2.51. The minimum atomic E-state index is 0.0445. The van der Waals surface area contributed by atoms with Gasteiger partial charge in [0.25, 0.3) is 0 Å². The zero-order valence-corrected chi connectivity index (χ0v) is 11.2. The zero-order chi connectivity index (χ0) is 13.1. The Kier molecular flexibility index (Phi) is 3.62. The highest BCUT2D eigenvalue weighted by Crippen LogP contribution is 2.26. The molecule has 0 aliphatic carbocycles. The van der Waals surface area contributed by atoms with Crippen LogP contribution in [0.3, 0.4) is 0 Å². The summed E-state index contributed by atoms with van der Waals surface area (Å²) in [6.45, 7) is 2.15. The number of nitrogen functional groups attached to an aromatic ring is 1. The lowest BCUT2D eigenvalue weighted by molar-refractivity contribution is 0.742. The van der Waals surface area contributed by atoms with E-state index in [0.29, 0.717) is 5.56 Å². The number of rotatable bonds is 4. The van der Waals surface area contributed by atoms with Crippen molar-refractivity contribution in [3.05, 3.63) is 46.3 Å². The third-order valence-corrected chi connectivity index (χ3v) is 4.00. The van der Waals surface area contributed by atoms with Crippen molar-refractivity contribution in [3.63, 3.8) is 0 Å². The van der Waals surface area contributed by atoms with Gasteiger partial charge < -0.3 is 10.6 Å². The molecule has 3 N–H and O–H groups in total. The standard InChI is InChI=1S/C13H16N4S/c1-9(11-4-3-7-18-11)17(2)12-6-5-10(8-16-12)13(14)15/h3-9H,1-2H3,(H3,14,15). The average molecular weight is 260 g/mol. The second kappa shape index (κ2) is 5.18. The van der Waals surface area contributed by atoms with Crippen LogP contribution in [-0.4, -0.2) is 17.9 Å². The van der Waals surface area contributed by atoms with Crippen LogP contribution < -0.4 is 10.6 Å². The molecule has 0 aliphatic rings. The van der Waals surface area contributed by atoms with Crippen LogP contribution in [0.25, 0.3) is 0 Å². The molecule has 0 bridgehead atoms. The van der Waals surface area contributed by atoms with Crippen molar-refractivity contribution in [1.82, 2.24) is 4.98 Å². The molecule has 2 heterocycles. The van der Waals surface area contributed by atoms with Crippen molar-refractivity contribution < 1.29 is 0 Å². The molecule has 0 aliphatic heterocycles. The number of hydrogen-bond donors (Lipinski definition) is 2. The number of nitrogens with zero attached hydrogens (tertiary/aromatic N) is 2. The Morgan fingerprint density at radius 2 is 2.22 bits per heavy atom. The van der Waals surface area contributed by atoms with Gasteiger partial charge in [-0.25, -0.2) is 4.98 Å². The van der Waals surface area contributed by atoms with Crippen molar-refractivity contribution in [2.45, 2.75) is 13.0 Å². The largest absolute Gasteiger partial charge is 0.384 e. The Morgan fingerprint density at radius 1 is 1.44 bits per heavy atom. The molecule has 2 aromatic rings. The third-order valence-electron chi connectivity index (χ3n) is 2.96. The number of anilines is 1. The quantitative estimate of drug-likeness (QED) is 0.656. The Hall–Kier alpha value is -1.88. The Labute approximate surface area is 111 Å². The van der Waals surface area contributed by atoms with Crippen LogP contribution in [0, 0.1) is 5.41 Å². The zero-order valence-electron chi connectivity index (χ0n) is 10.4. The van der Waals surface area contributed by atoms with Gasteiger partial charge in [0.05, 0.1) is 6.04 Å². The summed E-state index contributed by atoms with van der Waals surface area (Å²) in [5, 5.41) is 9.41. The van der Waals surface area contributed by atoms with Gasteiger partial charge in [-0.3, -0.25) is 5.41 Å². The van der Waals surface area contributed by atoms with Crippen molar-refractivity contribution in [2.75, 3.05) is 11.9 Å². The molecule has 5 heteroatoms. The molecule has 0 aromatic carbocycles. The molecule has 2 aromatic heterocycles. The van der Waals surface area contributed by atoms with Gasteiger partial charge in [-0.2, -0.15) is 0 Å². The van der Waals surface area contributed by atoms with Crippen LogP contribution in [-0.2, 0) is 0 Å². The molecule has 1 atom stereocenters. The first-order valence-corrected chi connectivity index (χ1v) is 6.54. The van der Waals surface area contributed by atoms with E-state index in [1.807, 2.05) is 19.2 Å². The lowest BCUT2D eigenvalue weighted by Crippen LogP contribution is -2.22. The summed E-state index contributed by atoms with van der Waals surface area (Å²) in [4.78, 5) is 7.75. The molecule has 0 amide bonds. The fraction of sp³-hybridized carbons (Fsp3) is 0.231. The first-order chi connectivity index (χ1) is 8.59. The van der Waals surface area contributed by atoms with E-state index >= 15 is 0 Å². The minimum absolute atomic E-state index is 0.0445. The van der Waals surface area contributed by atoms with Gasteiger partial charge in [0.1, 0.15) is 11.7 Å². The highest BCUT2D eigenvalue weighted by Gasteiger charge is 2.14. The Bertz CT molecular complexity index is 518. The molecule has 0 saturated carbocycles. The molecule has 0 saturated heterocycles.